The molecule has 4 aromatic rings. The van der Waals surface area contributed by atoms with E-state index in [-0.39, 0.29) is 22.5 Å². The molecule has 0 fully saturated rings. The van der Waals surface area contributed by atoms with Gasteiger partial charge in [-0.1, -0.05) is 41.7 Å². The molecule has 0 bridgehead atoms. The van der Waals surface area contributed by atoms with E-state index in [9.17, 15) is 22.7 Å². The number of rotatable bonds is 7. The van der Waals surface area contributed by atoms with Gasteiger partial charge in [0, 0.05) is 12.1 Å². The van der Waals surface area contributed by atoms with Gasteiger partial charge in [0.1, 0.15) is 5.82 Å². The van der Waals surface area contributed by atoms with E-state index in [1.54, 1.807) is 42.5 Å². The second-order valence-corrected chi connectivity index (χ2v) is 9.61. The minimum atomic E-state index is -3.92. The first-order valence-electron chi connectivity index (χ1n) is 9.52. The molecule has 1 amide bonds. The van der Waals surface area contributed by atoms with Crippen LogP contribution in [0.2, 0.25) is 0 Å². The van der Waals surface area contributed by atoms with Crippen LogP contribution in [0.4, 0.5) is 9.52 Å². The van der Waals surface area contributed by atoms with Crippen LogP contribution >= 0.6 is 11.3 Å². The number of anilines is 1. The number of aromatic nitrogens is 1. The van der Waals surface area contributed by atoms with Crippen molar-refractivity contribution in [2.24, 2.45) is 0 Å². The quantitative estimate of drug-likeness (QED) is 0.381. The van der Waals surface area contributed by atoms with Crippen molar-refractivity contribution in [3.05, 3.63) is 89.7 Å². The lowest BCUT2D eigenvalue weighted by Crippen LogP contribution is -2.28. The van der Waals surface area contributed by atoms with Crippen molar-refractivity contribution in [3.8, 4) is 0 Å². The van der Waals surface area contributed by atoms with Gasteiger partial charge in [0.15, 0.2) is 5.13 Å². The Hall–Kier alpha value is -3.34. The summed E-state index contributed by atoms with van der Waals surface area (Å²) in [5.74, 6) is -0.908. The number of hydrogen-bond acceptors (Lipinski definition) is 6. The van der Waals surface area contributed by atoms with Crippen LogP contribution in [0.1, 0.15) is 22.0 Å². The van der Waals surface area contributed by atoms with E-state index >= 15 is 0 Å². The normalized spacial score (nSPS) is 12.4. The van der Waals surface area contributed by atoms with E-state index in [1.807, 2.05) is 6.07 Å². The number of aliphatic hydroxyl groups excluding tert-OH is 1. The van der Waals surface area contributed by atoms with E-state index < -0.39 is 21.9 Å². The number of sulfonamides is 1. The fourth-order valence-corrected chi connectivity index (χ4v) is 5.12. The Morgan fingerprint density at radius 3 is 2.50 bits per heavy atom. The molecule has 0 saturated heterocycles. The van der Waals surface area contributed by atoms with Gasteiger partial charge in [-0.25, -0.2) is 17.8 Å². The maximum atomic E-state index is 13.1. The number of aliphatic hydroxyl groups is 1. The lowest BCUT2D eigenvalue weighted by atomic mass is 10.1. The molecule has 0 aliphatic rings. The van der Waals surface area contributed by atoms with Gasteiger partial charge >= 0.3 is 0 Å². The van der Waals surface area contributed by atoms with Crippen molar-refractivity contribution in [1.29, 1.82) is 0 Å². The number of nitrogens with one attached hydrogen (secondary N) is 2. The standard InChI is InChI=1S/C22H18FN3O4S2/c23-16-7-9-17(10-8-16)32(29,30)26-22-25-18-11-6-15(12-20(18)31-22)21(28)24-13-19(27)14-4-2-1-3-5-14/h1-12,19,27H,13H2,(H,24,28)(H,25,26). The van der Waals surface area contributed by atoms with E-state index in [2.05, 4.69) is 15.0 Å². The minimum absolute atomic E-state index is 0.0479. The average molecular weight is 472 g/mol. The largest absolute Gasteiger partial charge is 0.387 e. The summed E-state index contributed by atoms with van der Waals surface area (Å²) in [6, 6.07) is 18.2. The summed E-state index contributed by atoms with van der Waals surface area (Å²) in [5, 5.41) is 13.0. The number of carbonyl (C=O) groups excluding carboxylic acids is 1. The van der Waals surface area contributed by atoms with Gasteiger partial charge in [-0.05, 0) is 48.0 Å². The van der Waals surface area contributed by atoms with E-state index in [4.69, 9.17) is 0 Å². The number of carbonyl (C=O) groups is 1. The summed E-state index contributed by atoms with van der Waals surface area (Å²) in [4.78, 5) is 16.6. The molecule has 1 unspecified atom stereocenters. The Bertz CT molecular complexity index is 1360. The third-order valence-electron chi connectivity index (χ3n) is 4.64. The van der Waals surface area contributed by atoms with Crippen molar-refractivity contribution in [3.63, 3.8) is 0 Å². The highest BCUT2D eigenvalue weighted by molar-refractivity contribution is 7.93. The Morgan fingerprint density at radius 1 is 1.06 bits per heavy atom. The summed E-state index contributed by atoms with van der Waals surface area (Å²) in [6.45, 7) is 0.0479. The predicted octanol–water partition coefficient (Wildman–Crippen LogP) is 3.70. The predicted molar refractivity (Wildman–Crippen MR) is 121 cm³/mol. The molecule has 3 aromatic carbocycles. The maximum absolute atomic E-state index is 13.1. The zero-order valence-electron chi connectivity index (χ0n) is 16.5. The highest BCUT2D eigenvalue weighted by Gasteiger charge is 2.18. The number of thiazole rings is 1. The van der Waals surface area contributed by atoms with Crippen molar-refractivity contribution >= 4 is 42.6 Å². The zero-order valence-corrected chi connectivity index (χ0v) is 18.2. The van der Waals surface area contributed by atoms with E-state index in [1.165, 1.54) is 0 Å². The van der Waals surface area contributed by atoms with Gasteiger partial charge in [0.2, 0.25) is 0 Å². The fraction of sp³-hybridized carbons (Fsp3) is 0.0909. The molecule has 4 rings (SSSR count). The summed E-state index contributed by atoms with van der Waals surface area (Å²) in [6.07, 6.45) is -0.834. The second kappa shape index (κ2) is 9.03. The molecule has 10 heteroatoms. The lowest BCUT2D eigenvalue weighted by molar-refractivity contribution is 0.0916. The highest BCUT2D eigenvalue weighted by Crippen LogP contribution is 2.28. The van der Waals surface area contributed by atoms with Crippen LogP contribution in [0.5, 0.6) is 0 Å². The molecule has 1 atom stereocenters. The smallest absolute Gasteiger partial charge is 0.263 e. The number of amides is 1. The van der Waals surface area contributed by atoms with Gasteiger partial charge in [-0.3, -0.25) is 9.52 Å². The first-order chi connectivity index (χ1) is 15.3. The molecule has 0 spiro atoms. The van der Waals surface area contributed by atoms with Gasteiger partial charge in [-0.15, -0.1) is 0 Å². The lowest BCUT2D eigenvalue weighted by Gasteiger charge is -2.12. The maximum Gasteiger partial charge on any atom is 0.263 e. The number of halogens is 1. The molecule has 1 aromatic heterocycles. The van der Waals surface area contributed by atoms with Gasteiger partial charge in [-0.2, -0.15) is 0 Å². The zero-order chi connectivity index (χ0) is 22.7. The van der Waals surface area contributed by atoms with E-state index in [0.29, 0.717) is 21.3 Å². The fourth-order valence-electron chi connectivity index (χ4n) is 2.98. The Kier molecular flexibility index (Phi) is 6.17. The second-order valence-electron chi connectivity index (χ2n) is 6.90. The highest BCUT2D eigenvalue weighted by atomic mass is 32.2. The first kappa shape index (κ1) is 21.9. The monoisotopic (exact) mass is 471 g/mol. The topological polar surface area (TPSA) is 108 Å². The molecule has 0 saturated carbocycles. The summed E-state index contributed by atoms with van der Waals surface area (Å²) in [7, 11) is -3.92. The number of nitrogens with zero attached hydrogens (tertiary/aromatic N) is 1. The van der Waals surface area contributed by atoms with Crippen LogP contribution in [0.3, 0.4) is 0 Å². The summed E-state index contributed by atoms with van der Waals surface area (Å²) < 4.78 is 41.0. The van der Waals surface area contributed by atoms with E-state index in [0.717, 1.165) is 35.6 Å². The van der Waals surface area contributed by atoms with Crippen LogP contribution < -0.4 is 10.0 Å². The van der Waals surface area contributed by atoms with Crippen LogP contribution in [0.15, 0.2) is 77.7 Å². The molecule has 0 radical (unpaired) electrons. The Morgan fingerprint density at radius 2 is 1.78 bits per heavy atom. The molecule has 0 aliphatic heterocycles. The van der Waals surface area contributed by atoms with Crippen molar-refractivity contribution in [2.75, 3.05) is 11.3 Å². The third kappa shape index (κ3) is 4.93. The molecular formula is C22H18FN3O4S2. The SMILES string of the molecule is O=C(NCC(O)c1ccccc1)c1ccc2nc(NS(=O)(=O)c3ccc(F)cc3)sc2c1. The van der Waals surface area contributed by atoms with Crippen LogP contribution in [-0.4, -0.2) is 31.0 Å². The average Bonchev–Trinajstić information content (AvgIpc) is 3.18. The molecule has 0 aliphatic carbocycles. The Balaban J connectivity index is 1.46. The first-order valence-corrected chi connectivity index (χ1v) is 11.8. The molecule has 7 nitrogen and oxygen atoms in total. The number of benzene rings is 3. The number of fused-ring (bicyclic) bond motifs is 1. The number of hydrogen-bond donors (Lipinski definition) is 3. The third-order valence-corrected chi connectivity index (χ3v) is 7.05. The molecular weight excluding hydrogens is 453 g/mol. The van der Waals surface area contributed by atoms with Crippen molar-refractivity contribution < 1.29 is 22.7 Å². The van der Waals surface area contributed by atoms with Crippen molar-refractivity contribution in [2.45, 2.75) is 11.0 Å². The van der Waals surface area contributed by atoms with Crippen LogP contribution in [-0.2, 0) is 10.0 Å². The summed E-state index contributed by atoms with van der Waals surface area (Å²) in [5.41, 5.74) is 1.57. The minimum Gasteiger partial charge on any atom is -0.387 e. The Labute approximate surface area is 187 Å². The van der Waals surface area contributed by atoms with Crippen LogP contribution in [0, 0.1) is 5.82 Å². The molecule has 1 heterocycles. The molecule has 3 N–H and O–H groups in total. The van der Waals surface area contributed by atoms with Crippen LogP contribution in [0.25, 0.3) is 10.2 Å². The summed E-state index contributed by atoms with van der Waals surface area (Å²) >= 11 is 1.07. The molecule has 164 valence electrons. The molecule has 32 heavy (non-hydrogen) atoms. The van der Waals surface area contributed by atoms with Crippen molar-refractivity contribution in [1.82, 2.24) is 10.3 Å². The van der Waals surface area contributed by atoms with Gasteiger partial charge in [0.05, 0.1) is 21.2 Å². The van der Waals surface area contributed by atoms with Gasteiger partial charge < -0.3 is 10.4 Å². The van der Waals surface area contributed by atoms with Gasteiger partial charge in [0.25, 0.3) is 15.9 Å².